The zero-order valence-electron chi connectivity index (χ0n) is 15.6. The second-order valence-electron chi connectivity index (χ2n) is 7.08. The molecular formula is C22H18ClF3N2O. The monoisotopic (exact) mass is 418 g/mol. The molecule has 150 valence electrons. The van der Waals surface area contributed by atoms with Crippen LogP contribution >= 0.6 is 11.6 Å². The fraction of sp³-hybridized carbons (Fsp3) is 0.227. The van der Waals surface area contributed by atoms with Crippen LogP contribution in [-0.2, 0) is 0 Å². The van der Waals surface area contributed by atoms with Crippen LogP contribution in [0.2, 0.25) is 5.02 Å². The molecule has 0 spiro atoms. The number of benzene rings is 2. The van der Waals surface area contributed by atoms with Gasteiger partial charge in [-0.05, 0) is 23.8 Å². The van der Waals surface area contributed by atoms with E-state index in [4.69, 9.17) is 22.1 Å². The average Bonchev–Trinajstić information content (AvgIpc) is 3.07. The molecule has 0 bridgehead atoms. The predicted molar refractivity (Wildman–Crippen MR) is 106 cm³/mol. The van der Waals surface area contributed by atoms with E-state index < -0.39 is 23.4 Å². The molecule has 3 nitrogen and oxygen atoms in total. The Bertz CT molecular complexity index is 1090. The zero-order chi connectivity index (χ0) is 20.7. The Morgan fingerprint density at radius 3 is 2.62 bits per heavy atom. The molecule has 7 heteroatoms. The standard InChI is InChI=1S/C22H18ClF3N2O/c1-11-10-29-22-13(11)7-20(15(9-27)12-4-2-3-5-17(12)24)28-21(22)14-6-16(23)19(26)8-18(14)25/h2-8,11,15H,9-10,27H2,1H3. The number of halogens is 4. The normalized spacial score (nSPS) is 16.4. The van der Waals surface area contributed by atoms with E-state index in [1.807, 2.05) is 13.0 Å². The van der Waals surface area contributed by atoms with Gasteiger partial charge in [0.25, 0.3) is 0 Å². The highest BCUT2D eigenvalue weighted by molar-refractivity contribution is 6.31. The van der Waals surface area contributed by atoms with E-state index in [0.29, 0.717) is 29.7 Å². The minimum absolute atomic E-state index is 0.0212. The number of nitrogens with two attached hydrogens (primary N) is 1. The summed E-state index contributed by atoms with van der Waals surface area (Å²) >= 11 is 5.88. The third kappa shape index (κ3) is 3.47. The second-order valence-corrected chi connectivity index (χ2v) is 7.49. The smallest absolute Gasteiger partial charge is 0.149 e. The number of rotatable bonds is 4. The predicted octanol–water partition coefficient (Wildman–Crippen LogP) is 5.41. The molecule has 2 atom stereocenters. The number of hydrogen-bond donors (Lipinski definition) is 1. The lowest BCUT2D eigenvalue weighted by Gasteiger charge is -2.19. The molecule has 2 aromatic carbocycles. The van der Waals surface area contributed by atoms with Gasteiger partial charge in [0.05, 0.1) is 17.3 Å². The first-order valence-electron chi connectivity index (χ1n) is 9.17. The minimum Gasteiger partial charge on any atom is -0.490 e. The van der Waals surface area contributed by atoms with Gasteiger partial charge in [0.15, 0.2) is 0 Å². The van der Waals surface area contributed by atoms with Crippen molar-refractivity contribution in [2.75, 3.05) is 13.2 Å². The summed E-state index contributed by atoms with van der Waals surface area (Å²) in [5, 5.41) is -0.224. The van der Waals surface area contributed by atoms with Crippen molar-refractivity contribution in [3.8, 4) is 17.0 Å². The average molecular weight is 419 g/mol. The van der Waals surface area contributed by atoms with E-state index in [9.17, 15) is 13.2 Å². The van der Waals surface area contributed by atoms with E-state index in [0.717, 1.165) is 5.56 Å². The quantitative estimate of drug-likeness (QED) is 0.576. The first-order chi connectivity index (χ1) is 13.9. The number of nitrogens with zero attached hydrogens (tertiary/aromatic N) is 1. The second kappa shape index (κ2) is 7.69. The topological polar surface area (TPSA) is 48.1 Å². The molecule has 1 aromatic heterocycles. The SMILES string of the molecule is CC1COc2c1cc(C(CN)c1ccccc1F)nc2-c1cc(Cl)c(F)cc1F. The first-order valence-corrected chi connectivity index (χ1v) is 9.55. The summed E-state index contributed by atoms with van der Waals surface area (Å²) in [6, 6.07) is 10.1. The summed E-state index contributed by atoms with van der Waals surface area (Å²) in [6.45, 7) is 2.47. The van der Waals surface area contributed by atoms with Gasteiger partial charge in [-0.15, -0.1) is 0 Å². The maximum absolute atomic E-state index is 14.6. The summed E-state index contributed by atoms with van der Waals surface area (Å²) < 4.78 is 48.4. The van der Waals surface area contributed by atoms with Crippen LogP contribution in [0.4, 0.5) is 13.2 Å². The fourth-order valence-corrected chi connectivity index (χ4v) is 3.78. The van der Waals surface area contributed by atoms with E-state index >= 15 is 0 Å². The zero-order valence-corrected chi connectivity index (χ0v) is 16.3. The van der Waals surface area contributed by atoms with Crippen LogP contribution in [0, 0.1) is 17.5 Å². The summed E-state index contributed by atoms with van der Waals surface area (Å²) in [6.07, 6.45) is 0. The Morgan fingerprint density at radius 2 is 1.90 bits per heavy atom. The van der Waals surface area contributed by atoms with Crippen molar-refractivity contribution in [1.29, 1.82) is 0 Å². The van der Waals surface area contributed by atoms with Gasteiger partial charge in [0, 0.05) is 35.6 Å². The lowest BCUT2D eigenvalue weighted by Crippen LogP contribution is -2.17. The molecule has 1 aliphatic heterocycles. The van der Waals surface area contributed by atoms with Crippen molar-refractivity contribution in [3.63, 3.8) is 0 Å². The molecule has 4 rings (SSSR count). The molecule has 1 aliphatic rings. The van der Waals surface area contributed by atoms with Gasteiger partial charge in [-0.25, -0.2) is 18.2 Å². The van der Waals surface area contributed by atoms with Crippen LogP contribution in [0.25, 0.3) is 11.3 Å². The van der Waals surface area contributed by atoms with Gasteiger partial charge < -0.3 is 10.5 Å². The molecule has 0 radical (unpaired) electrons. The van der Waals surface area contributed by atoms with Crippen LogP contribution in [0.15, 0.2) is 42.5 Å². The molecule has 0 fully saturated rings. The van der Waals surface area contributed by atoms with Gasteiger partial charge in [0.1, 0.15) is 28.9 Å². The Kier molecular flexibility index (Phi) is 5.23. The highest BCUT2D eigenvalue weighted by Crippen LogP contribution is 2.44. The van der Waals surface area contributed by atoms with Gasteiger partial charge in [-0.3, -0.25) is 0 Å². The highest BCUT2D eigenvalue weighted by Gasteiger charge is 2.30. The highest BCUT2D eigenvalue weighted by atomic mass is 35.5. The van der Waals surface area contributed by atoms with Gasteiger partial charge in [-0.1, -0.05) is 36.7 Å². The Labute approximate surface area is 171 Å². The van der Waals surface area contributed by atoms with Gasteiger partial charge >= 0.3 is 0 Å². The van der Waals surface area contributed by atoms with Crippen LogP contribution < -0.4 is 10.5 Å². The number of hydrogen-bond acceptors (Lipinski definition) is 3. The molecule has 2 heterocycles. The number of fused-ring (bicyclic) bond motifs is 1. The van der Waals surface area contributed by atoms with E-state index in [-0.39, 0.29) is 28.7 Å². The van der Waals surface area contributed by atoms with Crippen LogP contribution in [-0.4, -0.2) is 18.1 Å². The van der Waals surface area contributed by atoms with Crippen molar-refractivity contribution in [1.82, 2.24) is 4.98 Å². The third-order valence-corrected chi connectivity index (χ3v) is 5.46. The van der Waals surface area contributed by atoms with E-state index in [2.05, 4.69) is 4.98 Å². The van der Waals surface area contributed by atoms with Gasteiger partial charge in [0.2, 0.25) is 0 Å². The summed E-state index contributed by atoms with van der Waals surface area (Å²) in [5.74, 6) is -2.15. The Balaban J connectivity index is 1.94. The molecule has 0 amide bonds. The maximum Gasteiger partial charge on any atom is 0.149 e. The molecule has 0 aliphatic carbocycles. The van der Waals surface area contributed by atoms with Gasteiger partial charge in [-0.2, -0.15) is 0 Å². The van der Waals surface area contributed by atoms with Crippen LogP contribution in [0.1, 0.15) is 35.6 Å². The van der Waals surface area contributed by atoms with Crippen LogP contribution in [0.3, 0.4) is 0 Å². The van der Waals surface area contributed by atoms with E-state index in [1.165, 1.54) is 12.1 Å². The third-order valence-electron chi connectivity index (χ3n) is 5.17. The van der Waals surface area contributed by atoms with Crippen molar-refractivity contribution < 1.29 is 17.9 Å². The molecular weight excluding hydrogens is 401 g/mol. The molecule has 2 unspecified atom stereocenters. The number of ether oxygens (including phenoxy) is 1. The minimum atomic E-state index is -0.860. The molecule has 2 N–H and O–H groups in total. The summed E-state index contributed by atoms with van der Waals surface area (Å²) in [5.41, 5.74) is 7.90. The molecule has 0 saturated carbocycles. The first kappa shape index (κ1) is 19.7. The largest absolute Gasteiger partial charge is 0.490 e. The van der Waals surface area contributed by atoms with Crippen LogP contribution in [0.5, 0.6) is 5.75 Å². The molecule has 29 heavy (non-hydrogen) atoms. The Hall–Kier alpha value is -2.57. The number of aromatic nitrogens is 1. The van der Waals surface area contributed by atoms with Crippen molar-refractivity contribution in [2.24, 2.45) is 5.73 Å². The molecule has 0 saturated heterocycles. The van der Waals surface area contributed by atoms with E-state index in [1.54, 1.807) is 18.2 Å². The Morgan fingerprint density at radius 1 is 1.14 bits per heavy atom. The number of pyridine rings is 1. The summed E-state index contributed by atoms with van der Waals surface area (Å²) in [7, 11) is 0. The fourth-order valence-electron chi connectivity index (χ4n) is 3.62. The molecule has 3 aromatic rings. The van der Waals surface area contributed by atoms with Crippen molar-refractivity contribution in [3.05, 3.63) is 81.8 Å². The summed E-state index contributed by atoms with van der Waals surface area (Å²) in [4.78, 5) is 4.58. The maximum atomic E-state index is 14.6. The van der Waals surface area contributed by atoms with Crippen molar-refractivity contribution in [2.45, 2.75) is 18.8 Å². The lowest BCUT2D eigenvalue weighted by atomic mass is 9.91. The van der Waals surface area contributed by atoms with Crippen molar-refractivity contribution >= 4 is 11.6 Å². The lowest BCUT2D eigenvalue weighted by molar-refractivity contribution is 0.337.